The predicted octanol–water partition coefficient (Wildman–Crippen LogP) is 3.08. The molecule has 0 aliphatic rings. The zero-order valence-corrected chi connectivity index (χ0v) is 12.7. The van der Waals surface area contributed by atoms with Gasteiger partial charge >= 0.3 is 0 Å². The van der Waals surface area contributed by atoms with Gasteiger partial charge < -0.3 is 0 Å². The van der Waals surface area contributed by atoms with Gasteiger partial charge in [-0.1, -0.05) is 85.7 Å². The van der Waals surface area contributed by atoms with E-state index in [1.165, 1.54) is 11.6 Å². The molecule has 0 N–H and O–H groups in total. The van der Waals surface area contributed by atoms with E-state index in [1.54, 1.807) is 5.19 Å². The van der Waals surface area contributed by atoms with Crippen LogP contribution in [0.5, 0.6) is 0 Å². The number of benzene rings is 2. The maximum atomic E-state index is 2.49. The molecule has 0 spiro atoms. The second kappa shape index (κ2) is 6.01. The van der Waals surface area contributed by atoms with Crippen LogP contribution in [0.15, 0.2) is 60.7 Å². The molecule has 0 bridgehead atoms. The Morgan fingerprint density at radius 2 is 1.44 bits per heavy atom. The second-order valence-corrected chi connectivity index (χ2v) is 7.21. The Morgan fingerprint density at radius 3 is 2.06 bits per heavy atom. The molecule has 0 aliphatic heterocycles. The molecule has 0 fully saturated rings. The lowest BCUT2D eigenvalue weighted by Crippen LogP contribution is -2.21. The Bertz CT molecular complexity index is 459. The van der Waals surface area contributed by atoms with Gasteiger partial charge in [-0.25, -0.2) is 0 Å². The van der Waals surface area contributed by atoms with Crippen LogP contribution in [-0.2, 0) is 5.41 Å². The minimum absolute atomic E-state index is 0.152. The van der Waals surface area contributed by atoms with Crippen LogP contribution in [0.25, 0.3) is 0 Å². The molecule has 2 aromatic carbocycles. The zero-order valence-electron chi connectivity index (χ0n) is 11.3. The monoisotopic (exact) mass is 253 g/mol. The summed E-state index contributed by atoms with van der Waals surface area (Å²) in [5.74, 6) is 0. The maximum Gasteiger partial charge on any atom is 0.0550 e. The maximum absolute atomic E-state index is 2.49. The average Bonchev–Trinajstić information content (AvgIpc) is 2.41. The Balaban J connectivity index is 1.90. The van der Waals surface area contributed by atoms with Crippen molar-refractivity contribution in [2.45, 2.75) is 25.3 Å². The van der Waals surface area contributed by atoms with Crippen LogP contribution < -0.4 is 5.19 Å². The normalized spacial score (nSPS) is 12.1. The van der Waals surface area contributed by atoms with Crippen molar-refractivity contribution in [1.82, 2.24) is 0 Å². The summed E-state index contributed by atoms with van der Waals surface area (Å²) in [7, 11) is -0.152. The highest BCUT2D eigenvalue weighted by atomic mass is 28.2. The fourth-order valence-corrected chi connectivity index (χ4v) is 4.03. The van der Waals surface area contributed by atoms with Gasteiger partial charge in [0.15, 0.2) is 0 Å². The molecule has 0 aliphatic carbocycles. The molecular weight excluding hydrogens is 232 g/mol. The molecule has 93 valence electrons. The summed E-state index contributed by atoms with van der Waals surface area (Å²) in [5, 5.41) is 1.55. The molecule has 2 aromatic rings. The van der Waals surface area contributed by atoms with Gasteiger partial charge in [0.1, 0.15) is 0 Å². The fraction of sp³-hybridized carbons (Fsp3) is 0.235. The summed E-state index contributed by atoms with van der Waals surface area (Å²) in [6, 6.07) is 22.9. The highest BCUT2D eigenvalue weighted by molar-refractivity contribution is 6.53. The lowest BCUT2D eigenvalue weighted by molar-refractivity contribution is 0.615. The molecule has 0 heterocycles. The van der Waals surface area contributed by atoms with Crippen LogP contribution in [-0.4, -0.2) is 9.52 Å². The molecule has 1 heteroatoms. The van der Waals surface area contributed by atoms with Gasteiger partial charge in [0.05, 0.1) is 9.52 Å². The van der Waals surface area contributed by atoms with Crippen LogP contribution >= 0.6 is 0 Å². The van der Waals surface area contributed by atoms with E-state index in [2.05, 4.69) is 80.9 Å². The van der Waals surface area contributed by atoms with Gasteiger partial charge in [-0.2, -0.15) is 0 Å². The van der Waals surface area contributed by atoms with Crippen molar-refractivity contribution in [1.29, 1.82) is 0 Å². The second-order valence-electron chi connectivity index (χ2n) is 5.32. The number of rotatable bonds is 5. The van der Waals surface area contributed by atoms with Crippen LogP contribution in [0.4, 0.5) is 0 Å². The van der Waals surface area contributed by atoms with E-state index in [0.717, 1.165) is 0 Å². The molecule has 0 atom stereocenters. The molecule has 0 saturated carbocycles. The first-order chi connectivity index (χ1) is 8.68. The van der Waals surface area contributed by atoms with Crippen molar-refractivity contribution < 1.29 is 0 Å². The molecule has 0 amide bonds. The van der Waals surface area contributed by atoms with Gasteiger partial charge in [0.25, 0.3) is 0 Å². The Hall–Kier alpha value is -1.34. The van der Waals surface area contributed by atoms with Gasteiger partial charge in [-0.15, -0.1) is 0 Å². The summed E-state index contributed by atoms with van der Waals surface area (Å²) < 4.78 is 0. The SMILES string of the molecule is CC(C)([CH]C[SiH2]c1ccccc1)c1ccccc1. The van der Waals surface area contributed by atoms with E-state index in [-0.39, 0.29) is 14.9 Å². The van der Waals surface area contributed by atoms with Gasteiger partial charge in [-0.05, 0) is 17.4 Å². The van der Waals surface area contributed by atoms with Crippen molar-refractivity contribution in [3.63, 3.8) is 0 Å². The van der Waals surface area contributed by atoms with Crippen molar-refractivity contribution in [3.05, 3.63) is 72.6 Å². The Morgan fingerprint density at radius 1 is 0.889 bits per heavy atom. The molecule has 0 nitrogen and oxygen atoms in total. The van der Waals surface area contributed by atoms with E-state index in [9.17, 15) is 0 Å². The molecule has 18 heavy (non-hydrogen) atoms. The standard InChI is InChI=1S/C17H21Si/c1-17(2,15-9-5-3-6-10-15)13-14-18-16-11-7-4-8-12-16/h3-13H,14,18H2,1-2H3. The minimum Gasteiger partial charge on any atom is -0.0669 e. The number of hydrogen-bond acceptors (Lipinski definition) is 0. The number of hydrogen-bond donors (Lipinski definition) is 0. The first-order valence-electron chi connectivity index (χ1n) is 6.62. The highest BCUT2D eigenvalue weighted by Crippen LogP contribution is 2.27. The lowest BCUT2D eigenvalue weighted by Gasteiger charge is -2.24. The van der Waals surface area contributed by atoms with Crippen LogP contribution in [0.2, 0.25) is 6.04 Å². The summed E-state index contributed by atoms with van der Waals surface area (Å²) in [4.78, 5) is 0. The molecule has 0 aromatic heterocycles. The summed E-state index contributed by atoms with van der Waals surface area (Å²) in [6.45, 7) is 4.61. The predicted molar refractivity (Wildman–Crippen MR) is 83.2 cm³/mol. The molecular formula is C17H21Si. The minimum atomic E-state index is -0.152. The van der Waals surface area contributed by atoms with Crippen LogP contribution in [0.1, 0.15) is 19.4 Å². The fourth-order valence-electron chi connectivity index (χ4n) is 2.23. The van der Waals surface area contributed by atoms with E-state index in [0.29, 0.717) is 0 Å². The third-order valence-corrected chi connectivity index (χ3v) is 5.07. The van der Waals surface area contributed by atoms with E-state index in [4.69, 9.17) is 0 Å². The zero-order chi connectivity index (χ0) is 12.8. The van der Waals surface area contributed by atoms with Crippen molar-refractivity contribution in [2.75, 3.05) is 0 Å². The summed E-state index contributed by atoms with van der Waals surface area (Å²) in [5.41, 5.74) is 1.59. The summed E-state index contributed by atoms with van der Waals surface area (Å²) in [6.07, 6.45) is 2.49. The quantitative estimate of drug-likeness (QED) is 0.718. The lowest BCUT2D eigenvalue weighted by atomic mass is 9.82. The third kappa shape index (κ3) is 3.57. The van der Waals surface area contributed by atoms with Crippen LogP contribution in [0, 0.1) is 6.42 Å². The smallest absolute Gasteiger partial charge is 0.0550 e. The largest absolute Gasteiger partial charge is 0.0669 e. The third-order valence-electron chi connectivity index (χ3n) is 3.45. The van der Waals surface area contributed by atoms with Crippen LogP contribution in [0.3, 0.4) is 0 Å². The van der Waals surface area contributed by atoms with Gasteiger partial charge in [0.2, 0.25) is 0 Å². The first-order valence-corrected chi connectivity index (χ1v) is 8.33. The van der Waals surface area contributed by atoms with E-state index < -0.39 is 0 Å². The van der Waals surface area contributed by atoms with E-state index >= 15 is 0 Å². The average molecular weight is 253 g/mol. The van der Waals surface area contributed by atoms with Crippen molar-refractivity contribution >= 4 is 14.7 Å². The first kappa shape index (κ1) is 13.1. The molecule has 1 radical (unpaired) electrons. The Kier molecular flexibility index (Phi) is 4.37. The van der Waals surface area contributed by atoms with Gasteiger partial charge in [-0.3, -0.25) is 0 Å². The highest BCUT2D eigenvalue weighted by Gasteiger charge is 2.19. The Labute approximate surface area is 113 Å². The van der Waals surface area contributed by atoms with Crippen molar-refractivity contribution in [3.8, 4) is 0 Å². The topological polar surface area (TPSA) is 0 Å². The molecule has 0 unspecified atom stereocenters. The summed E-state index contributed by atoms with van der Waals surface area (Å²) >= 11 is 0. The molecule has 2 rings (SSSR count). The van der Waals surface area contributed by atoms with Crippen molar-refractivity contribution in [2.24, 2.45) is 0 Å². The molecule has 0 saturated heterocycles. The van der Waals surface area contributed by atoms with Gasteiger partial charge in [0, 0.05) is 0 Å². The van der Waals surface area contributed by atoms with E-state index in [1.807, 2.05) is 0 Å².